The largest absolute Gasteiger partial charge is 0.306 e. The fourth-order valence-corrected chi connectivity index (χ4v) is 2.71. The Morgan fingerprint density at radius 3 is 2.63 bits per heavy atom. The molecule has 0 fully saturated rings. The van der Waals surface area contributed by atoms with Crippen LogP contribution < -0.4 is 5.32 Å². The zero-order chi connectivity index (χ0) is 13.8. The van der Waals surface area contributed by atoms with E-state index in [4.69, 9.17) is 23.2 Å². The van der Waals surface area contributed by atoms with Gasteiger partial charge in [-0.1, -0.05) is 57.3 Å². The molecule has 0 heterocycles. The minimum Gasteiger partial charge on any atom is -0.306 e. The minimum absolute atomic E-state index is 0.254. The normalized spacial score (nSPS) is 12.4. The maximum absolute atomic E-state index is 6.15. The van der Waals surface area contributed by atoms with Crippen LogP contribution >= 0.6 is 39.1 Å². The van der Waals surface area contributed by atoms with Crippen LogP contribution in [-0.4, -0.2) is 0 Å². The van der Waals surface area contributed by atoms with Crippen molar-refractivity contribution in [3.8, 4) is 0 Å². The molecule has 0 radical (unpaired) electrons. The van der Waals surface area contributed by atoms with Crippen molar-refractivity contribution in [3.05, 3.63) is 68.1 Å². The van der Waals surface area contributed by atoms with Crippen LogP contribution in [0.1, 0.15) is 24.1 Å². The van der Waals surface area contributed by atoms with E-state index in [0.29, 0.717) is 16.6 Å². The van der Waals surface area contributed by atoms with Crippen LogP contribution in [0.25, 0.3) is 0 Å². The van der Waals surface area contributed by atoms with Gasteiger partial charge in [0.1, 0.15) is 0 Å². The maximum Gasteiger partial charge on any atom is 0.0465 e. The van der Waals surface area contributed by atoms with Crippen molar-refractivity contribution in [2.75, 3.05) is 0 Å². The highest BCUT2D eigenvalue weighted by molar-refractivity contribution is 9.10. The standard InChI is InChI=1S/C15H14BrCl2N/c1-10(11-3-2-4-13(16)7-11)19-9-12-5-6-14(17)8-15(12)18/h2-8,10,19H,9H2,1H3/t10-/m1/s1. The van der Waals surface area contributed by atoms with Crippen molar-refractivity contribution in [2.45, 2.75) is 19.5 Å². The van der Waals surface area contributed by atoms with Gasteiger partial charge >= 0.3 is 0 Å². The Balaban J connectivity index is 2.02. The van der Waals surface area contributed by atoms with Gasteiger partial charge in [0, 0.05) is 27.1 Å². The summed E-state index contributed by atoms with van der Waals surface area (Å²) >= 11 is 15.5. The van der Waals surface area contributed by atoms with Gasteiger partial charge in [-0.25, -0.2) is 0 Å². The Morgan fingerprint density at radius 1 is 1.16 bits per heavy atom. The van der Waals surface area contributed by atoms with E-state index in [0.717, 1.165) is 10.0 Å². The third-order valence-corrected chi connectivity index (χ3v) is 4.04. The Kier molecular flexibility index (Phi) is 5.28. The topological polar surface area (TPSA) is 12.0 Å². The second-order valence-electron chi connectivity index (χ2n) is 4.39. The van der Waals surface area contributed by atoms with Gasteiger partial charge in [0.15, 0.2) is 0 Å². The zero-order valence-corrected chi connectivity index (χ0v) is 13.6. The van der Waals surface area contributed by atoms with Gasteiger partial charge in [-0.05, 0) is 42.3 Å². The molecule has 0 aliphatic carbocycles. The molecule has 1 N–H and O–H groups in total. The van der Waals surface area contributed by atoms with Crippen LogP contribution in [0.3, 0.4) is 0 Å². The summed E-state index contributed by atoms with van der Waals surface area (Å²) in [6.07, 6.45) is 0. The fraction of sp³-hybridized carbons (Fsp3) is 0.200. The average Bonchev–Trinajstić information content (AvgIpc) is 2.37. The molecule has 0 saturated heterocycles. The molecular formula is C15H14BrCl2N. The Morgan fingerprint density at radius 2 is 1.95 bits per heavy atom. The van der Waals surface area contributed by atoms with Crippen molar-refractivity contribution < 1.29 is 0 Å². The molecule has 0 bridgehead atoms. The number of hydrogen-bond donors (Lipinski definition) is 1. The van der Waals surface area contributed by atoms with E-state index in [1.165, 1.54) is 5.56 Å². The zero-order valence-electron chi connectivity index (χ0n) is 10.5. The lowest BCUT2D eigenvalue weighted by Gasteiger charge is -2.15. The van der Waals surface area contributed by atoms with Gasteiger partial charge < -0.3 is 5.32 Å². The van der Waals surface area contributed by atoms with Gasteiger partial charge in [-0.2, -0.15) is 0 Å². The molecule has 0 amide bonds. The van der Waals surface area contributed by atoms with Gasteiger partial charge in [0.05, 0.1) is 0 Å². The molecule has 1 atom stereocenters. The maximum atomic E-state index is 6.15. The Labute approximate surface area is 132 Å². The molecule has 0 spiro atoms. The Bertz CT molecular complexity index is 572. The highest BCUT2D eigenvalue weighted by Gasteiger charge is 2.07. The van der Waals surface area contributed by atoms with Crippen LogP contribution in [0.2, 0.25) is 10.0 Å². The lowest BCUT2D eigenvalue weighted by Crippen LogP contribution is -2.18. The lowest BCUT2D eigenvalue weighted by atomic mass is 10.1. The number of hydrogen-bond acceptors (Lipinski definition) is 1. The first-order valence-electron chi connectivity index (χ1n) is 5.99. The van der Waals surface area contributed by atoms with Gasteiger partial charge in [-0.3, -0.25) is 0 Å². The summed E-state index contributed by atoms with van der Waals surface area (Å²) in [6.45, 7) is 2.84. The van der Waals surface area contributed by atoms with E-state index in [1.54, 1.807) is 6.07 Å². The minimum atomic E-state index is 0.254. The molecule has 0 unspecified atom stereocenters. The van der Waals surface area contributed by atoms with Crippen molar-refractivity contribution in [2.24, 2.45) is 0 Å². The molecule has 2 aromatic carbocycles. The smallest absolute Gasteiger partial charge is 0.0465 e. The highest BCUT2D eigenvalue weighted by Crippen LogP contribution is 2.22. The van der Waals surface area contributed by atoms with E-state index >= 15 is 0 Å². The van der Waals surface area contributed by atoms with Crippen LogP contribution in [0, 0.1) is 0 Å². The summed E-state index contributed by atoms with van der Waals surface area (Å²) in [5.41, 5.74) is 2.28. The van der Waals surface area contributed by atoms with Crippen molar-refractivity contribution in [1.29, 1.82) is 0 Å². The van der Waals surface area contributed by atoms with Crippen LogP contribution in [0.4, 0.5) is 0 Å². The number of nitrogens with one attached hydrogen (secondary N) is 1. The van der Waals surface area contributed by atoms with E-state index in [1.807, 2.05) is 24.3 Å². The molecule has 100 valence electrons. The van der Waals surface area contributed by atoms with E-state index in [2.05, 4.69) is 40.3 Å². The van der Waals surface area contributed by atoms with E-state index in [9.17, 15) is 0 Å². The van der Waals surface area contributed by atoms with Crippen LogP contribution in [0.15, 0.2) is 46.9 Å². The fourth-order valence-electron chi connectivity index (χ4n) is 1.82. The highest BCUT2D eigenvalue weighted by atomic mass is 79.9. The summed E-state index contributed by atoms with van der Waals surface area (Å²) in [6, 6.07) is 14.1. The average molecular weight is 359 g/mol. The summed E-state index contributed by atoms with van der Waals surface area (Å²) < 4.78 is 1.09. The lowest BCUT2D eigenvalue weighted by molar-refractivity contribution is 0.574. The second-order valence-corrected chi connectivity index (χ2v) is 6.15. The number of halogens is 3. The van der Waals surface area contributed by atoms with Crippen LogP contribution in [0.5, 0.6) is 0 Å². The van der Waals surface area contributed by atoms with Crippen molar-refractivity contribution >= 4 is 39.1 Å². The number of benzene rings is 2. The quantitative estimate of drug-likeness (QED) is 0.749. The molecule has 0 aliphatic heterocycles. The van der Waals surface area contributed by atoms with Crippen molar-refractivity contribution in [1.82, 2.24) is 5.32 Å². The molecule has 0 aliphatic rings. The van der Waals surface area contributed by atoms with Crippen LogP contribution in [-0.2, 0) is 6.54 Å². The summed E-state index contributed by atoms with van der Waals surface area (Å²) in [5.74, 6) is 0. The Hall–Kier alpha value is -0.540. The predicted molar refractivity (Wildman–Crippen MR) is 85.9 cm³/mol. The molecule has 2 rings (SSSR count). The summed E-state index contributed by atoms with van der Waals surface area (Å²) in [7, 11) is 0. The molecule has 0 saturated carbocycles. The van der Waals surface area contributed by atoms with Gasteiger partial charge in [-0.15, -0.1) is 0 Å². The number of rotatable bonds is 4. The molecular weight excluding hydrogens is 345 g/mol. The molecule has 2 aromatic rings. The second kappa shape index (κ2) is 6.76. The predicted octanol–water partition coefficient (Wildman–Crippen LogP) is 5.61. The first-order valence-corrected chi connectivity index (χ1v) is 7.54. The molecule has 4 heteroatoms. The summed E-state index contributed by atoms with van der Waals surface area (Å²) in [5, 5.41) is 4.81. The SMILES string of the molecule is C[C@@H](NCc1ccc(Cl)cc1Cl)c1cccc(Br)c1. The molecule has 0 aromatic heterocycles. The third-order valence-electron chi connectivity index (χ3n) is 2.96. The monoisotopic (exact) mass is 357 g/mol. The van der Waals surface area contributed by atoms with Crippen molar-refractivity contribution in [3.63, 3.8) is 0 Å². The molecule has 1 nitrogen and oxygen atoms in total. The van der Waals surface area contributed by atoms with E-state index < -0.39 is 0 Å². The van der Waals surface area contributed by atoms with E-state index in [-0.39, 0.29) is 6.04 Å². The third kappa shape index (κ3) is 4.22. The van der Waals surface area contributed by atoms with Gasteiger partial charge in [0.2, 0.25) is 0 Å². The molecule has 19 heavy (non-hydrogen) atoms. The van der Waals surface area contributed by atoms with Gasteiger partial charge in [0.25, 0.3) is 0 Å². The summed E-state index contributed by atoms with van der Waals surface area (Å²) in [4.78, 5) is 0. The first kappa shape index (κ1) is 14.9. The first-order chi connectivity index (χ1) is 9.06.